The number of hydrogen-bond donors (Lipinski definition) is 0. The lowest BCUT2D eigenvalue weighted by atomic mass is 9.74. The number of aromatic nitrogens is 2. The normalized spacial score (nSPS) is 17.9. The molecule has 0 amide bonds. The smallest absolute Gasteiger partial charge is 0.163 e. The molecule has 2 heterocycles. The lowest BCUT2D eigenvalue weighted by Gasteiger charge is -2.48. The Morgan fingerprint density at radius 1 is 0.931 bits per heavy atom. The molecule has 2 aromatic carbocycles. The molecular formula is C24H25FN4. The van der Waals surface area contributed by atoms with E-state index in [2.05, 4.69) is 18.9 Å². The summed E-state index contributed by atoms with van der Waals surface area (Å²) in [5.41, 5.74) is 3.54. The minimum atomic E-state index is -0.241. The monoisotopic (exact) mass is 388 g/mol. The Bertz CT molecular complexity index is 1080. The van der Waals surface area contributed by atoms with Crippen molar-refractivity contribution in [2.75, 3.05) is 7.05 Å². The zero-order chi connectivity index (χ0) is 20.0. The molecule has 1 aromatic heterocycles. The van der Waals surface area contributed by atoms with Gasteiger partial charge in [-0.1, -0.05) is 49.6 Å². The molecule has 0 unspecified atom stereocenters. The van der Waals surface area contributed by atoms with Gasteiger partial charge in [-0.05, 0) is 44.0 Å². The first kappa shape index (κ1) is 18.1. The van der Waals surface area contributed by atoms with E-state index in [0.29, 0.717) is 11.4 Å². The first-order chi connectivity index (χ1) is 14.1. The van der Waals surface area contributed by atoms with Gasteiger partial charge in [-0.15, -0.1) is 0 Å². The van der Waals surface area contributed by atoms with Gasteiger partial charge in [-0.2, -0.15) is 5.10 Å². The van der Waals surface area contributed by atoms with E-state index in [-0.39, 0.29) is 11.4 Å². The number of hydrogen-bond acceptors (Lipinski definition) is 3. The number of aliphatic imine (C=N–C) groups is 1. The molecule has 4 nitrogen and oxygen atoms in total. The maximum Gasteiger partial charge on any atom is 0.163 e. The lowest BCUT2D eigenvalue weighted by Crippen LogP contribution is -2.51. The third-order valence-corrected chi connectivity index (χ3v) is 6.47. The van der Waals surface area contributed by atoms with Crippen LogP contribution in [0.2, 0.25) is 0 Å². The van der Waals surface area contributed by atoms with Crippen molar-refractivity contribution in [3.05, 3.63) is 77.2 Å². The van der Waals surface area contributed by atoms with Crippen LogP contribution in [-0.2, 0) is 5.54 Å². The van der Waals surface area contributed by atoms with Crippen molar-refractivity contribution in [3.63, 3.8) is 0 Å². The van der Waals surface area contributed by atoms with E-state index in [9.17, 15) is 4.39 Å². The number of nitrogens with zero attached hydrogens (tertiary/aromatic N) is 4. The largest absolute Gasteiger partial charge is 0.349 e. The summed E-state index contributed by atoms with van der Waals surface area (Å²) in [7, 11) is 2.07. The van der Waals surface area contributed by atoms with Gasteiger partial charge < -0.3 is 4.90 Å². The maximum atomic E-state index is 14.8. The third-order valence-electron chi connectivity index (χ3n) is 6.47. The summed E-state index contributed by atoms with van der Waals surface area (Å²) in [6.45, 7) is 2.08. The molecule has 0 N–H and O–H groups in total. The summed E-state index contributed by atoms with van der Waals surface area (Å²) in [6.07, 6.45) is 5.62. The van der Waals surface area contributed by atoms with Crippen LogP contribution in [0.1, 0.15) is 48.9 Å². The molecule has 1 fully saturated rings. The van der Waals surface area contributed by atoms with E-state index >= 15 is 0 Å². The van der Waals surface area contributed by atoms with Gasteiger partial charge in [0.15, 0.2) is 5.82 Å². The van der Waals surface area contributed by atoms with Crippen LogP contribution in [0.15, 0.2) is 59.6 Å². The van der Waals surface area contributed by atoms with Crippen LogP contribution in [0, 0.1) is 12.7 Å². The van der Waals surface area contributed by atoms with Crippen LogP contribution in [-0.4, -0.2) is 27.6 Å². The topological polar surface area (TPSA) is 33.4 Å². The lowest BCUT2D eigenvalue weighted by molar-refractivity contribution is 0.136. The summed E-state index contributed by atoms with van der Waals surface area (Å²) in [5.74, 6) is 1.29. The van der Waals surface area contributed by atoms with E-state index in [0.717, 1.165) is 42.9 Å². The fraction of sp³-hybridized carbons (Fsp3) is 0.333. The van der Waals surface area contributed by atoms with E-state index in [4.69, 9.17) is 10.1 Å². The van der Waals surface area contributed by atoms with E-state index < -0.39 is 0 Å². The predicted octanol–water partition coefficient (Wildman–Crippen LogP) is 5.50. The quantitative estimate of drug-likeness (QED) is 0.581. The second-order valence-electron chi connectivity index (χ2n) is 8.10. The number of fused-ring (bicyclic) bond motifs is 2. The molecule has 5 heteroatoms. The third kappa shape index (κ3) is 2.71. The highest BCUT2D eigenvalue weighted by molar-refractivity contribution is 6.02. The fourth-order valence-corrected chi connectivity index (χ4v) is 5.06. The molecule has 5 rings (SSSR count). The molecule has 1 spiro atoms. The van der Waals surface area contributed by atoms with Crippen LogP contribution >= 0.6 is 0 Å². The second-order valence-corrected chi connectivity index (χ2v) is 8.10. The average Bonchev–Trinajstić information content (AvgIpc) is 3.09. The molecule has 29 heavy (non-hydrogen) atoms. The average molecular weight is 388 g/mol. The Morgan fingerprint density at radius 2 is 1.62 bits per heavy atom. The van der Waals surface area contributed by atoms with Gasteiger partial charge in [0, 0.05) is 12.6 Å². The van der Waals surface area contributed by atoms with E-state index in [1.807, 2.05) is 47.1 Å². The Balaban J connectivity index is 1.79. The van der Waals surface area contributed by atoms with Gasteiger partial charge in [0.05, 0.1) is 22.5 Å². The zero-order valence-corrected chi connectivity index (χ0v) is 16.9. The molecule has 0 atom stereocenters. The summed E-state index contributed by atoms with van der Waals surface area (Å²) in [6, 6.07) is 17.0. The van der Waals surface area contributed by atoms with Gasteiger partial charge in [0.2, 0.25) is 0 Å². The van der Waals surface area contributed by atoms with Crippen LogP contribution in [0.25, 0.3) is 5.69 Å². The van der Waals surface area contributed by atoms with E-state index in [1.165, 1.54) is 18.1 Å². The highest BCUT2D eigenvalue weighted by atomic mass is 19.1. The van der Waals surface area contributed by atoms with Crippen LogP contribution in [0.5, 0.6) is 0 Å². The molecule has 1 aliphatic heterocycles. The van der Waals surface area contributed by atoms with Crippen molar-refractivity contribution in [2.24, 2.45) is 4.99 Å². The van der Waals surface area contributed by atoms with Crippen molar-refractivity contribution >= 4 is 11.7 Å². The summed E-state index contributed by atoms with van der Waals surface area (Å²) in [4.78, 5) is 7.23. The molecule has 0 saturated heterocycles. The number of para-hydroxylation sites is 1. The van der Waals surface area contributed by atoms with Crippen LogP contribution in [0.3, 0.4) is 0 Å². The fourth-order valence-electron chi connectivity index (χ4n) is 5.06. The summed E-state index contributed by atoms with van der Waals surface area (Å²) in [5, 5.41) is 4.89. The SMILES string of the molecule is Cc1nn(-c2ccccc2)c2c1C1(CCCCC1)N(C)C(c1ccccc1F)=N2. The standard InChI is InChI=1S/C24H25FN4/c1-17-21-23(29(27-17)18-11-5-3-6-12-18)26-22(19-13-7-8-14-20(19)25)28(2)24(21)15-9-4-10-16-24/h3,5-8,11-14H,4,9-10,15-16H2,1-2H3. The van der Waals surface area contributed by atoms with E-state index in [1.54, 1.807) is 6.07 Å². The molecule has 1 saturated carbocycles. The van der Waals surface area contributed by atoms with Gasteiger partial charge in [0.25, 0.3) is 0 Å². The first-order valence-corrected chi connectivity index (χ1v) is 10.3. The van der Waals surface area contributed by atoms with Gasteiger partial charge >= 0.3 is 0 Å². The number of benzene rings is 2. The Labute approximate surface area is 170 Å². The minimum absolute atomic E-state index is 0.190. The molecule has 3 aromatic rings. The summed E-state index contributed by atoms with van der Waals surface area (Å²) >= 11 is 0. The van der Waals surface area contributed by atoms with Crippen LogP contribution < -0.4 is 0 Å². The van der Waals surface area contributed by atoms with Crippen molar-refractivity contribution in [3.8, 4) is 5.69 Å². The maximum absolute atomic E-state index is 14.8. The minimum Gasteiger partial charge on any atom is -0.349 e. The molecule has 0 radical (unpaired) electrons. The Morgan fingerprint density at radius 3 is 2.34 bits per heavy atom. The molecular weight excluding hydrogens is 363 g/mol. The molecule has 0 bridgehead atoms. The summed E-state index contributed by atoms with van der Waals surface area (Å²) < 4.78 is 16.7. The van der Waals surface area contributed by atoms with Gasteiger partial charge in [0.1, 0.15) is 11.7 Å². The van der Waals surface area contributed by atoms with Crippen molar-refractivity contribution in [2.45, 2.75) is 44.6 Å². The van der Waals surface area contributed by atoms with Crippen molar-refractivity contribution in [1.29, 1.82) is 0 Å². The Hall–Kier alpha value is -2.95. The Kier molecular flexibility index (Phi) is 4.26. The van der Waals surface area contributed by atoms with Gasteiger partial charge in [-0.25, -0.2) is 14.1 Å². The highest BCUT2D eigenvalue weighted by Gasteiger charge is 2.47. The second kappa shape index (κ2) is 6.83. The number of halogens is 1. The van der Waals surface area contributed by atoms with Crippen molar-refractivity contribution in [1.82, 2.24) is 14.7 Å². The molecule has 148 valence electrons. The predicted molar refractivity (Wildman–Crippen MR) is 113 cm³/mol. The number of aryl methyl sites for hydroxylation is 1. The molecule has 2 aliphatic rings. The van der Waals surface area contributed by atoms with Crippen molar-refractivity contribution < 1.29 is 4.39 Å². The zero-order valence-electron chi connectivity index (χ0n) is 16.9. The van der Waals surface area contributed by atoms with Gasteiger partial charge in [-0.3, -0.25) is 0 Å². The van der Waals surface area contributed by atoms with Crippen LogP contribution in [0.4, 0.5) is 10.2 Å². The molecule has 1 aliphatic carbocycles. The highest BCUT2D eigenvalue weighted by Crippen LogP contribution is 2.50. The first-order valence-electron chi connectivity index (χ1n) is 10.3. The number of amidine groups is 1. The number of rotatable bonds is 2.